The van der Waals surface area contributed by atoms with Crippen LogP contribution in [-0.4, -0.2) is 21.0 Å². The Morgan fingerprint density at radius 1 is 1.28 bits per heavy atom. The van der Waals surface area contributed by atoms with E-state index in [0.717, 1.165) is 29.7 Å². The van der Waals surface area contributed by atoms with Gasteiger partial charge in [-0.3, -0.25) is 4.79 Å². The van der Waals surface area contributed by atoms with Gasteiger partial charge in [0.2, 0.25) is 0 Å². The van der Waals surface area contributed by atoms with Crippen molar-refractivity contribution in [3.05, 3.63) is 29.1 Å². The molecule has 2 N–H and O–H groups in total. The molecule has 0 saturated carbocycles. The Morgan fingerprint density at radius 3 is 2.72 bits per heavy atom. The van der Waals surface area contributed by atoms with Crippen molar-refractivity contribution < 1.29 is 9.90 Å². The minimum atomic E-state index is -0.731. The lowest BCUT2D eigenvalue weighted by molar-refractivity contribution is -0.137. The molecule has 0 atom stereocenters. The van der Waals surface area contributed by atoms with E-state index in [4.69, 9.17) is 5.11 Å². The van der Waals surface area contributed by atoms with Crippen LogP contribution in [0.1, 0.15) is 36.2 Å². The molecule has 4 heteroatoms. The van der Waals surface area contributed by atoms with Gasteiger partial charge in [0.15, 0.2) is 0 Å². The molecule has 0 aliphatic carbocycles. The summed E-state index contributed by atoms with van der Waals surface area (Å²) in [6.45, 7) is 4.16. The predicted molar refractivity (Wildman–Crippen MR) is 70.8 cm³/mol. The third kappa shape index (κ3) is 2.88. The van der Waals surface area contributed by atoms with Crippen LogP contribution in [0.4, 0.5) is 0 Å². The molecule has 0 bridgehead atoms. The zero-order valence-electron chi connectivity index (χ0n) is 10.8. The number of aliphatic carboxylic acids is 1. The number of aromatic nitrogens is 2. The molecule has 96 valence electrons. The fraction of sp³-hybridized carbons (Fsp3) is 0.429. The second-order valence-electron chi connectivity index (χ2n) is 4.74. The molecule has 0 saturated heterocycles. The number of H-pyrrole nitrogens is 1. The van der Waals surface area contributed by atoms with Crippen LogP contribution in [0.15, 0.2) is 12.1 Å². The largest absolute Gasteiger partial charge is 0.481 e. The summed E-state index contributed by atoms with van der Waals surface area (Å²) in [5.41, 5.74) is 4.55. The maximum atomic E-state index is 10.4. The molecule has 1 heterocycles. The van der Waals surface area contributed by atoms with Crippen molar-refractivity contribution in [2.24, 2.45) is 0 Å². The molecule has 0 aliphatic heterocycles. The average Bonchev–Trinajstić information content (AvgIpc) is 2.67. The second-order valence-corrected chi connectivity index (χ2v) is 4.74. The van der Waals surface area contributed by atoms with E-state index in [1.807, 2.05) is 0 Å². The van der Waals surface area contributed by atoms with E-state index in [2.05, 4.69) is 35.9 Å². The van der Waals surface area contributed by atoms with Crippen LogP contribution in [0.2, 0.25) is 0 Å². The maximum Gasteiger partial charge on any atom is 0.303 e. The molecule has 0 radical (unpaired) electrons. The van der Waals surface area contributed by atoms with E-state index in [1.165, 1.54) is 11.1 Å². The standard InChI is InChI=1S/C14H18N2O2/c1-9-7-11-12(8-10(9)2)16-13(15-11)5-3-4-6-14(17)18/h7-8H,3-6H2,1-2H3,(H,15,16)(H,17,18). The minimum absolute atomic E-state index is 0.235. The fourth-order valence-corrected chi connectivity index (χ4v) is 2.01. The third-order valence-corrected chi connectivity index (χ3v) is 3.20. The lowest BCUT2D eigenvalue weighted by Crippen LogP contribution is -1.95. The van der Waals surface area contributed by atoms with E-state index >= 15 is 0 Å². The summed E-state index contributed by atoms with van der Waals surface area (Å²) in [6.07, 6.45) is 2.59. The highest BCUT2D eigenvalue weighted by Gasteiger charge is 2.05. The van der Waals surface area contributed by atoms with Crippen molar-refractivity contribution in [2.45, 2.75) is 39.5 Å². The van der Waals surface area contributed by atoms with Crippen LogP contribution >= 0.6 is 0 Å². The molecule has 0 amide bonds. The highest BCUT2D eigenvalue weighted by molar-refractivity contribution is 5.77. The van der Waals surface area contributed by atoms with Gasteiger partial charge < -0.3 is 10.1 Å². The van der Waals surface area contributed by atoms with Crippen LogP contribution in [0.25, 0.3) is 11.0 Å². The number of fused-ring (bicyclic) bond motifs is 1. The Morgan fingerprint density at radius 2 is 2.00 bits per heavy atom. The molecule has 1 aromatic heterocycles. The van der Waals surface area contributed by atoms with Crippen LogP contribution in [0.5, 0.6) is 0 Å². The molecule has 0 spiro atoms. The van der Waals surface area contributed by atoms with Gasteiger partial charge in [-0.05, 0) is 49.9 Å². The summed E-state index contributed by atoms with van der Waals surface area (Å²) in [5.74, 6) is 0.214. The maximum absolute atomic E-state index is 10.4. The van der Waals surface area contributed by atoms with Gasteiger partial charge in [0.1, 0.15) is 5.82 Å². The van der Waals surface area contributed by atoms with Gasteiger partial charge in [0, 0.05) is 12.8 Å². The average molecular weight is 246 g/mol. The number of carboxylic acid groups (broad SMARTS) is 1. The van der Waals surface area contributed by atoms with Crippen molar-refractivity contribution in [1.29, 1.82) is 0 Å². The molecular weight excluding hydrogens is 228 g/mol. The molecule has 2 rings (SSSR count). The number of imidazole rings is 1. The van der Waals surface area contributed by atoms with E-state index in [-0.39, 0.29) is 6.42 Å². The summed E-state index contributed by atoms with van der Waals surface area (Å²) >= 11 is 0. The lowest BCUT2D eigenvalue weighted by atomic mass is 10.1. The number of hydrogen-bond acceptors (Lipinski definition) is 2. The SMILES string of the molecule is Cc1cc2nc(CCCCC(=O)O)[nH]c2cc1C. The van der Waals surface area contributed by atoms with Crippen molar-refractivity contribution in [2.75, 3.05) is 0 Å². The first-order valence-electron chi connectivity index (χ1n) is 6.24. The smallest absolute Gasteiger partial charge is 0.303 e. The van der Waals surface area contributed by atoms with E-state index < -0.39 is 5.97 Å². The van der Waals surface area contributed by atoms with E-state index in [1.54, 1.807) is 0 Å². The Bertz CT molecular complexity index is 533. The third-order valence-electron chi connectivity index (χ3n) is 3.20. The molecule has 0 aliphatic rings. The van der Waals surface area contributed by atoms with Gasteiger partial charge in [-0.15, -0.1) is 0 Å². The monoisotopic (exact) mass is 246 g/mol. The number of nitrogens with one attached hydrogen (secondary N) is 1. The van der Waals surface area contributed by atoms with Gasteiger partial charge >= 0.3 is 5.97 Å². The predicted octanol–water partition coefficient (Wildman–Crippen LogP) is 2.98. The van der Waals surface area contributed by atoms with Crippen molar-refractivity contribution in [3.63, 3.8) is 0 Å². The number of carbonyl (C=O) groups is 1. The second kappa shape index (κ2) is 5.21. The first-order chi connectivity index (χ1) is 8.56. The summed E-state index contributed by atoms with van der Waals surface area (Å²) in [5, 5.41) is 8.56. The van der Waals surface area contributed by atoms with Crippen LogP contribution in [0, 0.1) is 13.8 Å². The van der Waals surface area contributed by atoms with Gasteiger partial charge in [-0.25, -0.2) is 4.98 Å². The topological polar surface area (TPSA) is 66.0 Å². The molecule has 1 aromatic carbocycles. The number of carboxylic acids is 1. The van der Waals surface area contributed by atoms with Gasteiger partial charge in [0.25, 0.3) is 0 Å². The Kier molecular flexibility index (Phi) is 3.65. The normalized spacial score (nSPS) is 11.0. The number of benzene rings is 1. The summed E-state index contributed by atoms with van der Waals surface area (Å²) in [7, 11) is 0. The lowest BCUT2D eigenvalue weighted by Gasteiger charge is -1.97. The number of nitrogens with zero attached hydrogens (tertiary/aromatic N) is 1. The Hall–Kier alpha value is -1.84. The molecule has 18 heavy (non-hydrogen) atoms. The van der Waals surface area contributed by atoms with E-state index in [0.29, 0.717) is 6.42 Å². The highest BCUT2D eigenvalue weighted by Crippen LogP contribution is 2.18. The van der Waals surface area contributed by atoms with Crippen molar-refractivity contribution in [1.82, 2.24) is 9.97 Å². The zero-order chi connectivity index (χ0) is 13.1. The first kappa shape index (κ1) is 12.6. The summed E-state index contributed by atoms with van der Waals surface area (Å²) in [6, 6.07) is 4.19. The van der Waals surface area contributed by atoms with Crippen molar-refractivity contribution in [3.8, 4) is 0 Å². The number of hydrogen-bond donors (Lipinski definition) is 2. The van der Waals surface area contributed by atoms with Gasteiger partial charge in [0.05, 0.1) is 11.0 Å². The molecular formula is C14H18N2O2. The molecule has 4 nitrogen and oxygen atoms in total. The van der Waals surface area contributed by atoms with Gasteiger partial charge in [-0.2, -0.15) is 0 Å². The number of aromatic amines is 1. The van der Waals surface area contributed by atoms with Crippen LogP contribution < -0.4 is 0 Å². The Labute approximate surface area is 106 Å². The van der Waals surface area contributed by atoms with Gasteiger partial charge in [-0.1, -0.05) is 0 Å². The summed E-state index contributed by atoms with van der Waals surface area (Å²) < 4.78 is 0. The fourth-order valence-electron chi connectivity index (χ4n) is 2.01. The number of rotatable bonds is 5. The van der Waals surface area contributed by atoms with Crippen molar-refractivity contribution >= 4 is 17.0 Å². The Balaban J connectivity index is 2.04. The minimum Gasteiger partial charge on any atom is -0.481 e. The summed E-state index contributed by atoms with van der Waals surface area (Å²) in [4.78, 5) is 18.2. The molecule has 2 aromatic rings. The van der Waals surface area contributed by atoms with Crippen LogP contribution in [-0.2, 0) is 11.2 Å². The quantitative estimate of drug-likeness (QED) is 0.797. The number of aryl methyl sites for hydroxylation is 3. The first-order valence-corrected chi connectivity index (χ1v) is 6.24. The highest BCUT2D eigenvalue weighted by atomic mass is 16.4. The van der Waals surface area contributed by atoms with Crippen LogP contribution in [0.3, 0.4) is 0 Å². The van der Waals surface area contributed by atoms with E-state index in [9.17, 15) is 4.79 Å². The number of unbranched alkanes of at least 4 members (excludes halogenated alkanes) is 1. The molecule has 0 unspecified atom stereocenters. The zero-order valence-corrected chi connectivity index (χ0v) is 10.8. The molecule has 0 fully saturated rings.